The number of hydrogen-bond acceptors (Lipinski definition) is 4. The summed E-state index contributed by atoms with van der Waals surface area (Å²) >= 11 is 0. The minimum Gasteiger partial charge on any atom is -0.379 e. The van der Waals surface area contributed by atoms with Gasteiger partial charge in [0.25, 0.3) is 0 Å². The first-order chi connectivity index (χ1) is 12.8. The average Bonchev–Trinajstić information content (AvgIpc) is 3.17. The van der Waals surface area contributed by atoms with Gasteiger partial charge < -0.3 is 20.3 Å². The number of ether oxygens (including phenoxy) is 1. The molecular formula is C19H30IN5O2. The van der Waals surface area contributed by atoms with E-state index in [1.165, 1.54) is 0 Å². The summed E-state index contributed by atoms with van der Waals surface area (Å²) in [6, 6.07) is 10.0. The molecule has 2 fully saturated rings. The standard InChI is InChI=1S/C19H29N5O2.HI/c1-2-20-19(21-14-18(25)22-16-6-4-3-5-7-16)24-9-8-17(15-24)23-10-12-26-13-11-23;/h3-7,17H,2,8-15H2,1H3,(H,20,21)(H,22,25);1H. The second-order valence-corrected chi connectivity index (χ2v) is 6.62. The van der Waals surface area contributed by atoms with Crippen LogP contribution >= 0.6 is 24.0 Å². The van der Waals surface area contributed by atoms with Crippen molar-refractivity contribution in [1.82, 2.24) is 15.1 Å². The number of rotatable bonds is 5. The third-order valence-corrected chi connectivity index (χ3v) is 4.79. The second-order valence-electron chi connectivity index (χ2n) is 6.62. The lowest BCUT2D eigenvalue weighted by Gasteiger charge is -2.32. The van der Waals surface area contributed by atoms with Crippen molar-refractivity contribution in [2.75, 3.05) is 57.8 Å². The molecule has 2 aliphatic heterocycles. The Hall–Kier alpha value is -1.39. The normalized spacial score (nSPS) is 20.9. The minimum atomic E-state index is -0.101. The van der Waals surface area contributed by atoms with Crippen LogP contribution in [-0.4, -0.2) is 80.2 Å². The molecule has 1 aromatic carbocycles. The van der Waals surface area contributed by atoms with Crippen molar-refractivity contribution in [3.8, 4) is 0 Å². The van der Waals surface area contributed by atoms with Gasteiger partial charge in [0.1, 0.15) is 6.54 Å². The summed E-state index contributed by atoms with van der Waals surface area (Å²) in [5.41, 5.74) is 0.797. The van der Waals surface area contributed by atoms with Crippen molar-refractivity contribution in [2.45, 2.75) is 19.4 Å². The van der Waals surface area contributed by atoms with Gasteiger partial charge in [-0.25, -0.2) is 4.99 Å². The maximum Gasteiger partial charge on any atom is 0.246 e. The molecule has 0 spiro atoms. The predicted octanol–water partition coefficient (Wildman–Crippen LogP) is 1.62. The molecule has 2 heterocycles. The highest BCUT2D eigenvalue weighted by atomic mass is 127. The topological polar surface area (TPSA) is 69.2 Å². The first kappa shape index (κ1) is 21.9. The van der Waals surface area contributed by atoms with E-state index in [2.05, 4.69) is 32.3 Å². The number of nitrogens with one attached hydrogen (secondary N) is 2. The van der Waals surface area contributed by atoms with E-state index in [0.717, 1.165) is 64.0 Å². The van der Waals surface area contributed by atoms with Crippen molar-refractivity contribution in [2.24, 2.45) is 4.99 Å². The number of amides is 1. The van der Waals surface area contributed by atoms with Crippen molar-refractivity contribution in [1.29, 1.82) is 0 Å². The third kappa shape index (κ3) is 6.62. The van der Waals surface area contributed by atoms with E-state index in [1.54, 1.807) is 0 Å². The van der Waals surface area contributed by atoms with Crippen LogP contribution in [0.1, 0.15) is 13.3 Å². The molecule has 1 aromatic rings. The molecule has 27 heavy (non-hydrogen) atoms. The van der Waals surface area contributed by atoms with Gasteiger partial charge >= 0.3 is 0 Å². The van der Waals surface area contributed by atoms with Crippen LogP contribution in [0.3, 0.4) is 0 Å². The van der Waals surface area contributed by atoms with Gasteiger partial charge in [-0.1, -0.05) is 18.2 Å². The van der Waals surface area contributed by atoms with Crippen LogP contribution in [0.25, 0.3) is 0 Å². The molecule has 2 N–H and O–H groups in total. The smallest absolute Gasteiger partial charge is 0.246 e. The van der Waals surface area contributed by atoms with Crippen molar-refractivity contribution in [3.63, 3.8) is 0 Å². The highest BCUT2D eigenvalue weighted by Gasteiger charge is 2.30. The van der Waals surface area contributed by atoms with Crippen LogP contribution in [0.5, 0.6) is 0 Å². The molecule has 8 heteroatoms. The van der Waals surface area contributed by atoms with Crippen LogP contribution in [0.4, 0.5) is 5.69 Å². The lowest BCUT2D eigenvalue weighted by atomic mass is 10.2. The van der Waals surface area contributed by atoms with Crippen LogP contribution in [0, 0.1) is 0 Å². The van der Waals surface area contributed by atoms with E-state index in [0.29, 0.717) is 6.04 Å². The largest absolute Gasteiger partial charge is 0.379 e. The van der Waals surface area contributed by atoms with Gasteiger partial charge in [-0.3, -0.25) is 9.69 Å². The summed E-state index contributed by atoms with van der Waals surface area (Å²) in [6.45, 7) is 8.54. The Morgan fingerprint density at radius 3 is 2.67 bits per heavy atom. The Morgan fingerprint density at radius 2 is 1.96 bits per heavy atom. The highest BCUT2D eigenvalue weighted by molar-refractivity contribution is 14.0. The zero-order chi connectivity index (χ0) is 18.2. The molecule has 0 aromatic heterocycles. The van der Waals surface area contributed by atoms with Gasteiger partial charge in [0, 0.05) is 44.5 Å². The molecule has 0 saturated carbocycles. The number of likely N-dealkylation sites (tertiary alicyclic amines) is 1. The summed E-state index contributed by atoms with van der Waals surface area (Å²) < 4.78 is 5.45. The molecule has 1 atom stereocenters. The van der Waals surface area contributed by atoms with Gasteiger partial charge in [0.05, 0.1) is 13.2 Å². The van der Waals surface area contributed by atoms with Crippen LogP contribution in [0.15, 0.2) is 35.3 Å². The summed E-state index contributed by atoms with van der Waals surface area (Å²) in [6.07, 6.45) is 1.13. The molecule has 2 aliphatic rings. The Labute approximate surface area is 178 Å². The molecule has 1 amide bonds. The Kier molecular flexibility index (Phi) is 9.29. The van der Waals surface area contributed by atoms with E-state index < -0.39 is 0 Å². The summed E-state index contributed by atoms with van der Waals surface area (Å²) in [5, 5.41) is 6.20. The lowest BCUT2D eigenvalue weighted by Crippen LogP contribution is -2.46. The number of morpholine rings is 1. The SMILES string of the molecule is CCNC(=NCC(=O)Nc1ccccc1)N1CCC(N2CCOCC2)C1.I. The second kappa shape index (κ2) is 11.5. The zero-order valence-corrected chi connectivity index (χ0v) is 18.2. The van der Waals surface area contributed by atoms with Gasteiger partial charge in [-0.2, -0.15) is 0 Å². The number of anilines is 1. The van der Waals surface area contributed by atoms with E-state index >= 15 is 0 Å². The lowest BCUT2D eigenvalue weighted by molar-refractivity contribution is -0.114. The Morgan fingerprint density at radius 1 is 1.22 bits per heavy atom. The first-order valence-electron chi connectivity index (χ1n) is 9.46. The number of benzene rings is 1. The minimum absolute atomic E-state index is 0. The van der Waals surface area contributed by atoms with Crippen LogP contribution < -0.4 is 10.6 Å². The number of hydrogen-bond donors (Lipinski definition) is 2. The van der Waals surface area contributed by atoms with E-state index in [1.807, 2.05) is 30.3 Å². The molecule has 150 valence electrons. The number of carbonyl (C=O) groups excluding carboxylic acids is 1. The Balaban J connectivity index is 0.00000261. The summed E-state index contributed by atoms with van der Waals surface area (Å²) in [7, 11) is 0. The number of guanidine groups is 1. The molecule has 2 saturated heterocycles. The van der Waals surface area contributed by atoms with Gasteiger partial charge in [-0.05, 0) is 25.5 Å². The monoisotopic (exact) mass is 487 g/mol. The molecule has 3 rings (SSSR count). The fraction of sp³-hybridized carbons (Fsp3) is 0.579. The first-order valence-corrected chi connectivity index (χ1v) is 9.46. The van der Waals surface area contributed by atoms with E-state index in [-0.39, 0.29) is 36.4 Å². The number of halogens is 1. The van der Waals surface area contributed by atoms with Gasteiger partial charge in [0.2, 0.25) is 5.91 Å². The number of aliphatic imine (C=N–C) groups is 1. The van der Waals surface area contributed by atoms with Crippen LogP contribution in [0.2, 0.25) is 0 Å². The summed E-state index contributed by atoms with van der Waals surface area (Å²) in [5.74, 6) is 0.724. The van der Waals surface area contributed by atoms with E-state index in [4.69, 9.17) is 4.74 Å². The molecule has 0 bridgehead atoms. The fourth-order valence-corrected chi connectivity index (χ4v) is 3.47. The molecule has 0 radical (unpaired) electrons. The molecular weight excluding hydrogens is 457 g/mol. The molecule has 1 unspecified atom stereocenters. The third-order valence-electron chi connectivity index (χ3n) is 4.79. The average molecular weight is 487 g/mol. The summed E-state index contributed by atoms with van der Waals surface area (Å²) in [4.78, 5) is 21.5. The maximum atomic E-state index is 12.2. The highest BCUT2D eigenvalue weighted by Crippen LogP contribution is 2.17. The van der Waals surface area contributed by atoms with Crippen LogP contribution in [-0.2, 0) is 9.53 Å². The van der Waals surface area contributed by atoms with E-state index in [9.17, 15) is 4.79 Å². The van der Waals surface area contributed by atoms with Crippen molar-refractivity contribution in [3.05, 3.63) is 30.3 Å². The predicted molar refractivity (Wildman–Crippen MR) is 119 cm³/mol. The fourth-order valence-electron chi connectivity index (χ4n) is 3.47. The zero-order valence-electron chi connectivity index (χ0n) is 15.9. The Bertz CT molecular complexity index is 607. The van der Waals surface area contributed by atoms with Crippen molar-refractivity contribution < 1.29 is 9.53 Å². The molecule has 7 nitrogen and oxygen atoms in total. The maximum absolute atomic E-state index is 12.2. The van der Waals surface area contributed by atoms with Gasteiger partial charge in [-0.15, -0.1) is 24.0 Å². The number of nitrogens with zero attached hydrogens (tertiary/aromatic N) is 3. The molecule has 0 aliphatic carbocycles. The van der Waals surface area contributed by atoms with Crippen molar-refractivity contribution >= 4 is 41.5 Å². The van der Waals surface area contributed by atoms with Gasteiger partial charge in [0.15, 0.2) is 5.96 Å². The quantitative estimate of drug-likeness (QED) is 0.376. The number of carbonyl (C=O) groups is 1. The number of para-hydroxylation sites is 1.